The minimum absolute atomic E-state index is 0.146. The number of hydrogen-bond donors (Lipinski definition) is 0. The summed E-state index contributed by atoms with van der Waals surface area (Å²) < 4.78 is 6.44. The lowest BCUT2D eigenvalue weighted by atomic mass is 9.34. The third-order valence-corrected chi connectivity index (χ3v) is 7.06. The van der Waals surface area contributed by atoms with Crippen molar-refractivity contribution in [1.29, 1.82) is 0 Å². The van der Waals surface area contributed by atoms with Crippen LogP contribution in [0.4, 0.5) is 17.1 Å². The van der Waals surface area contributed by atoms with Crippen LogP contribution in [-0.2, 0) is 0 Å². The number of anilines is 3. The van der Waals surface area contributed by atoms with E-state index >= 15 is 0 Å². The van der Waals surface area contributed by atoms with E-state index in [4.69, 9.17) is 4.74 Å². The Hall–Kier alpha value is -4.24. The number of aryl methyl sites for hydroxylation is 1. The highest BCUT2D eigenvalue weighted by molar-refractivity contribution is 6.99. The Morgan fingerprint density at radius 1 is 0.588 bits per heavy atom. The summed E-state index contributed by atoms with van der Waals surface area (Å²) in [6.45, 7) is 2.35. The minimum Gasteiger partial charge on any atom is -0.458 e. The molecule has 0 aliphatic carbocycles. The molecule has 0 unspecified atom stereocenters. The largest absolute Gasteiger partial charge is 0.458 e. The zero-order valence-electron chi connectivity index (χ0n) is 18.9. The molecular weight excluding hydrogens is 413 g/mol. The predicted octanol–water partition coefficient (Wildman–Crippen LogP) is 6.07. The number of rotatable bonds is 2. The van der Waals surface area contributed by atoms with Crippen LogP contribution in [0.3, 0.4) is 0 Å². The molecule has 5 aromatic carbocycles. The van der Waals surface area contributed by atoms with Gasteiger partial charge in [-0.3, -0.25) is 0 Å². The molecule has 2 aliphatic rings. The molecule has 0 atom stereocenters. The monoisotopic (exact) mass is 435 g/mol. The fourth-order valence-electron chi connectivity index (χ4n) is 5.63. The number of benzene rings is 5. The Morgan fingerprint density at radius 2 is 1.26 bits per heavy atom. The number of fused-ring (bicyclic) bond motifs is 4. The van der Waals surface area contributed by atoms with Gasteiger partial charge in [0.05, 0.1) is 5.69 Å². The maximum Gasteiger partial charge on any atom is 0.256 e. The molecule has 0 saturated heterocycles. The summed E-state index contributed by atoms with van der Waals surface area (Å²) in [5, 5.41) is 0. The van der Waals surface area contributed by atoms with E-state index in [1.54, 1.807) is 0 Å². The second kappa shape index (κ2) is 7.39. The van der Waals surface area contributed by atoms with E-state index < -0.39 is 0 Å². The average molecular weight is 435 g/mol. The van der Waals surface area contributed by atoms with Crippen molar-refractivity contribution in [3.05, 3.63) is 121 Å². The van der Waals surface area contributed by atoms with Gasteiger partial charge < -0.3 is 9.64 Å². The second-order valence-corrected chi connectivity index (χ2v) is 8.99. The zero-order chi connectivity index (χ0) is 22.6. The molecule has 0 radical (unpaired) electrons. The van der Waals surface area contributed by atoms with Gasteiger partial charge in [0.1, 0.15) is 11.5 Å². The molecular formula is C31H22BNO. The fourth-order valence-corrected chi connectivity index (χ4v) is 5.63. The van der Waals surface area contributed by atoms with E-state index in [1.807, 2.05) is 6.07 Å². The van der Waals surface area contributed by atoms with Crippen LogP contribution in [0.15, 0.2) is 115 Å². The minimum atomic E-state index is 0.146. The van der Waals surface area contributed by atoms with Crippen molar-refractivity contribution < 1.29 is 4.74 Å². The van der Waals surface area contributed by atoms with Crippen molar-refractivity contribution >= 4 is 40.2 Å². The van der Waals surface area contributed by atoms with Crippen molar-refractivity contribution in [3.8, 4) is 22.6 Å². The van der Waals surface area contributed by atoms with Crippen LogP contribution >= 0.6 is 0 Å². The van der Waals surface area contributed by atoms with Crippen molar-refractivity contribution in [3.63, 3.8) is 0 Å². The molecule has 2 heterocycles. The molecule has 160 valence electrons. The van der Waals surface area contributed by atoms with Gasteiger partial charge in [0.25, 0.3) is 6.71 Å². The summed E-state index contributed by atoms with van der Waals surface area (Å²) in [5.41, 5.74) is 11.1. The molecule has 34 heavy (non-hydrogen) atoms. The third-order valence-electron chi connectivity index (χ3n) is 7.06. The van der Waals surface area contributed by atoms with Crippen molar-refractivity contribution in [2.24, 2.45) is 0 Å². The molecule has 0 N–H and O–H groups in total. The lowest BCUT2D eigenvalue weighted by Crippen LogP contribution is -2.59. The Balaban J connectivity index is 1.56. The number of ether oxygens (including phenoxy) is 1. The first-order chi connectivity index (χ1) is 16.8. The van der Waals surface area contributed by atoms with Crippen LogP contribution in [0.5, 0.6) is 11.5 Å². The number of para-hydroxylation sites is 3. The molecule has 0 saturated carbocycles. The first kappa shape index (κ1) is 19.3. The predicted molar refractivity (Wildman–Crippen MR) is 142 cm³/mol. The van der Waals surface area contributed by atoms with Gasteiger partial charge >= 0.3 is 0 Å². The van der Waals surface area contributed by atoms with Gasteiger partial charge in [-0.05, 0) is 58.7 Å². The van der Waals surface area contributed by atoms with E-state index in [0.29, 0.717) is 0 Å². The maximum atomic E-state index is 6.44. The first-order valence-electron chi connectivity index (χ1n) is 11.7. The molecule has 5 aromatic rings. The summed E-state index contributed by atoms with van der Waals surface area (Å²) >= 11 is 0. The highest BCUT2D eigenvalue weighted by Crippen LogP contribution is 2.45. The molecule has 0 fully saturated rings. The molecule has 0 aromatic heterocycles. The van der Waals surface area contributed by atoms with Gasteiger partial charge in [-0.2, -0.15) is 0 Å². The summed E-state index contributed by atoms with van der Waals surface area (Å²) in [5.74, 6) is 1.89. The first-order valence-corrected chi connectivity index (χ1v) is 11.7. The zero-order valence-corrected chi connectivity index (χ0v) is 18.9. The van der Waals surface area contributed by atoms with E-state index in [0.717, 1.165) is 11.5 Å². The van der Waals surface area contributed by atoms with E-state index in [2.05, 4.69) is 121 Å². The van der Waals surface area contributed by atoms with Crippen LogP contribution in [0.25, 0.3) is 11.1 Å². The lowest BCUT2D eigenvalue weighted by Gasteiger charge is -2.41. The Bertz CT molecular complexity index is 1560. The quantitative estimate of drug-likeness (QED) is 0.306. The summed E-state index contributed by atoms with van der Waals surface area (Å²) in [4.78, 5) is 2.44. The fraction of sp³-hybridized carbons (Fsp3) is 0.0323. The Kier molecular flexibility index (Phi) is 4.19. The van der Waals surface area contributed by atoms with Crippen LogP contribution in [0, 0.1) is 6.92 Å². The van der Waals surface area contributed by atoms with Crippen molar-refractivity contribution in [1.82, 2.24) is 0 Å². The number of nitrogens with zero attached hydrogens (tertiary/aromatic N) is 1. The smallest absolute Gasteiger partial charge is 0.256 e. The van der Waals surface area contributed by atoms with Gasteiger partial charge in [0.15, 0.2) is 0 Å². The molecule has 7 rings (SSSR count). The maximum absolute atomic E-state index is 6.44. The Labute approximate surface area is 200 Å². The molecule has 3 heteroatoms. The SMILES string of the molecule is Cc1cccc(-c2ccccc2)c1N1c2ccccc2B2c3ccccc3Oc3cccc1c32. The molecule has 0 spiro atoms. The van der Waals surface area contributed by atoms with Gasteiger partial charge in [-0.1, -0.05) is 91.0 Å². The standard InChI is InChI=1S/C31H22BNO/c1-21-11-9-14-23(22-12-3-2-4-13-22)31(21)33-26-17-7-5-15-24(26)32-25-16-6-8-19-28(25)34-29-20-10-18-27(33)30(29)32/h2-20H,1H3. The van der Waals surface area contributed by atoms with Gasteiger partial charge in [-0.15, -0.1) is 0 Å². The molecule has 0 amide bonds. The summed E-state index contributed by atoms with van der Waals surface area (Å²) in [6, 6.07) is 41.0. The lowest BCUT2D eigenvalue weighted by molar-refractivity contribution is 0.487. The molecule has 2 aliphatic heterocycles. The highest BCUT2D eigenvalue weighted by Gasteiger charge is 2.41. The van der Waals surface area contributed by atoms with E-state index in [1.165, 1.54) is 50.1 Å². The molecule has 2 nitrogen and oxygen atoms in total. The van der Waals surface area contributed by atoms with Crippen LogP contribution in [0.2, 0.25) is 0 Å². The van der Waals surface area contributed by atoms with Crippen LogP contribution in [-0.4, -0.2) is 6.71 Å². The topological polar surface area (TPSA) is 12.5 Å². The van der Waals surface area contributed by atoms with Gasteiger partial charge in [0.2, 0.25) is 0 Å². The third kappa shape index (κ3) is 2.70. The Morgan fingerprint density at radius 3 is 2.15 bits per heavy atom. The van der Waals surface area contributed by atoms with E-state index in [-0.39, 0.29) is 6.71 Å². The summed E-state index contributed by atoms with van der Waals surface area (Å²) in [6.07, 6.45) is 0. The molecule has 0 bridgehead atoms. The van der Waals surface area contributed by atoms with E-state index in [9.17, 15) is 0 Å². The number of hydrogen-bond acceptors (Lipinski definition) is 2. The summed E-state index contributed by atoms with van der Waals surface area (Å²) in [7, 11) is 0. The van der Waals surface area contributed by atoms with Crippen molar-refractivity contribution in [2.45, 2.75) is 6.92 Å². The van der Waals surface area contributed by atoms with Crippen LogP contribution in [0.1, 0.15) is 5.56 Å². The highest BCUT2D eigenvalue weighted by atomic mass is 16.5. The normalized spacial score (nSPS) is 13.0. The van der Waals surface area contributed by atoms with Gasteiger partial charge in [0, 0.05) is 16.9 Å². The van der Waals surface area contributed by atoms with Crippen molar-refractivity contribution in [2.75, 3.05) is 4.90 Å². The average Bonchev–Trinajstić information content (AvgIpc) is 2.89. The second-order valence-electron chi connectivity index (χ2n) is 8.99. The van der Waals surface area contributed by atoms with Crippen LogP contribution < -0.4 is 26.0 Å². The van der Waals surface area contributed by atoms with Gasteiger partial charge in [-0.25, -0.2) is 0 Å².